The van der Waals surface area contributed by atoms with Crippen molar-refractivity contribution in [3.05, 3.63) is 94.8 Å². The quantitative estimate of drug-likeness (QED) is 0.525. The minimum atomic E-state index is -0.647. The summed E-state index contributed by atoms with van der Waals surface area (Å²) in [5.41, 5.74) is 3.46. The fourth-order valence-corrected chi connectivity index (χ4v) is 3.64. The molecule has 0 saturated carbocycles. The largest absolute Gasteiger partial charge is 0.459 e. The lowest BCUT2D eigenvalue weighted by Gasteiger charge is -2.19. The maximum atomic E-state index is 12.7. The Labute approximate surface area is 192 Å². The third-order valence-electron chi connectivity index (χ3n) is 5.57. The third kappa shape index (κ3) is 5.30. The maximum Gasteiger partial charge on any atom is 0.338 e. The van der Waals surface area contributed by atoms with Gasteiger partial charge in [-0.1, -0.05) is 35.4 Å². The number of ether oxygens (including phenoxy) is 3. The normalized spacial score (nSPS) is 19.6. The SMILES string of the molecule is Cc1ccc(C(=O)OC[C@H]2O[C@@H](n3ccc(C#N)c3)C[C@@H]2OC(=O)c2ccc(C)cc2)cc1. The fraction of sp³-hybridized carbons (Fsp3) is 0.269. The van der Waals surface area contributed by atoms with E-state index >= 15 is 0 Å². The van der Waals surface area contributed by atoms with Crippen molar-refractivity contribution < 1.29 is 23.8 Å². The van der Waals surface area contributed by atoms with Gasteiger partial charge in [0.1, 0.15) is 31.1 Å². The van der Waals surface area contributed by atoms with Crippen LogP contribution >= 0.6 is 0 Å². The van der Waals surface area contributed by atoms with Gasteiger partial charge in [0.05, 0.1) is 16.7 Å². The summed E-state index contributed by atoms with van der Waals surface area (Å²) in [4.78, 5) is 25.2. The van der Waals surface area contributed by atoms with Crippen molar-refractivity contribution in [1.82, 2.24) is 4.57 Å². The first kappa shape index (κ1) is 22.3. The molecule has 1 aliphatic heterocycles. The second-order valence-corrected chi connectivity index (χ2v) is 8.10. The first-order valence-corrected chi connectivity index (χ1v) is 10.7. The molecule has 2 heterocycles. The van der Waals surface area contributed by atoms with E-state index in [9.17, 15) is 9.59 Å². The lowest BCUT2D eigenvalue weighted by atomic mass is 10.1. The van der Waals surface area contributed by atoms with E-state index < -0.39 is 30.4 Å². The molecule has 1 aliphatic rings. The van der Waals surface area contributed by atoms with Crippen molar-refractivity contribution in [3.8, 4) is 6.07 Å². The summed E-state index contributed by atoms with van der Waals surface area (Å²) in [7, 11) is 0. The van der Waals surface area contributed by atoms with Crippen LogP contribution in [0.3, 0.4) is 0 Å². The number of nitrogens with zero attached hydrogens (tertiary/aromatic N) is 2. The number of aryl methyl sites for hydroxylation is 2. The Balaban J connectivity index is 1.47. The Bertz CT molecular complexity index is 1170. The highest BCUT2D eigenvalue weighted by atomic mass is 16.6. The Hall–Kier alpha value is -3.89. The van der Waals surface area contributed by atoms with Gasteiger partial charge in [0.2, 0.25) is 0 Å². The number of rotatable bonds is 6. The zero-order valence-electron chi connectivity index (χ0n) is 18.4. The van der Waals surface area contributed by atoms with Crippen molar-refractivity contribution in [2.45, 2.75) is 38.7 Å². The number of esters is 2. The Morgan fingerprint density at radius 1 is 1.00 bits per heavy atom. The molecule has 4 rings (SSSR count). The Morgan fingerprint density at radius 3 is 2.18 bits per heavy atom. The van der Waals surface area contributed by atoms with E-state index in [1.165, 1.54) is 0 Å². The molecule has 1 saturated heterocycles. The van der Waals surface area contributed by atoms with Gasteiger partial charge in [-0.05, 0) is 44.2 Å². The average Bonchev–Trinajstić information content (AvgIpc) is 3.45. The standard InChI is InChI=1S/C26H24N2O5/c1-17-3-7-20(8-4-17)25(29)31-16-23-22(33-26(30)21-9-5-18(2)6-10-21)13-24(32-23)28-12-11-19(14-27)15-28/h3-12,15,22-24H,13,16H2,1-2H3/t22-,23+,24+/m0/s1. The average molecular weight is 444 g/mol. The minimum Gasteiger partial charge on any atom is -0.459 e. The fourth-order valence-electron chi connectivity index (χ4n) is 3.64. The predicted octanol–water partition coefficient (Wildman–Crippen LogP) is 4.35. The van der Waals surface area contributed by atoms with Crippen LogP contribution in [0.1, 0.15) is 50.1 Å². The summed E-state index contributed by atoms with van der Waals surface area (Å²) in [6.07, 6.45) is 2.05. The summed E-state index contributed by atoms with van der Waals surface area (Å²) >= 11 is 0. The molecule has 7 nitrogen and oxygen atoms in total. The van der Waals surface area contributed by atoms with E-state index in [2.05, 4.69) is 6.07 Å². The number of aromatic nitrogens is 1. The van der Waals surface area contributed by atoms with E-state index in [1.807, 2.05) is 38.1 Å². The summed E-state index contributed by atoms with van der Waals surface area (Å²) in [5, 5.41) is 9.10. The monoisotopic (exact) mass is 444 g/mol. The Morgan fingerprint density at radius 2 is 1.61 bits per heavy atom. The van der Waals surface area contributed by atoms with E-state index in [-0.39, 0.29) is 6.61 Å². The minimum absolute atomic E-state index is 0.0680. The molecule has 33 heavy (non-hydrogen) atoms. The van der Waals surface area contributed by atoms with Gasteiger partial charge in [-0.2, -0.15) is 5.26 Å². The number of carbonyl (C=O) groups excluding carboxylic acids is 2. The van der Waals surface area contributed by atoms with E-state index in [1.54, 1.807) is 47.3 Å². The summed E-state index contributed by atoms with van der Waals surface area (Å²) in [5.74, 6) is -0.942. The zero-order valence-corrected chi connectivity index (χ0v) is 18.4. The van der Waals surface area contributed by atoms with Crippen molar-refractivity contribution in [2.75, 3.05) is 6.61 Å². The van der Waals surface area contributed by atoms with Gasteiger partial charge in [0.15, 0.2) is 0 Å². The molecular formula is C26H24N2O5. The number of hydrogen-bond acceptors (Lipinski definition) is 6. The highest BCUT2D eigenvalue weighted by Crippen LogP contribution is 2.32. The van der Waals surface area contributed by atoms with Gasteiger partial charge in [-0.15, -0.1) is 0 Å². The molecule has 2 aromatic carbocycles. The van der Waals surface area contributed by atoms with E-state index in [0.717, 1.165) is 11.1 Å². The van der Waals surface area contributed by atoms with Crippen LogP contribution in [0, 0.1) is 25.2 Å². The van der Waals surface area contributed by atoms with Gasteiger partial charge in [0.25, 0.3) is 0 Å². The van der Waals surface area contributed by atoms with Crippen LogP contribution < -0.4 is 0 Å². The maximum absolute atomic E-state index is 12.7. The van der Waals surface area contributed by atoms with Crippen LogP contribution in [-0.4, -0.2) is 35.3 Å². The van der Waals surface area contributed by atoms with Crippen molar-refractivity contribution >= 4 is 11.9 Å². The molecule has 3 atom stereocenters. The summed E-state index contributed by atoms with van der Waals surface area (Å²) in [6, 6.07) is 17.9. The van der Waals surface area contributed by atoms with Crippen molar-refractivity contribution in [2.24, 2.45) is 0 Å². The lowest BCUT2D eigenvalue weighted by Crippen LogP contribution is -2.32. The second kappa shape index (κ2) is 9.72. The molecule has 0 bridgehead atoms. The second-order valence-electron chi connectivity index (χ2n) is 8.10. The van der Waals surface area contributed by atoms with Gasteiger partial charge >= 0.3 is 11.9 Å². The molecule has 0 amide bonds. The third-order valence-corrected chi connectivity index (χ3v) is 5.57. The zero-order chi connectivity index (χ0) is 23.4. The van der Waals surface area contributed by atoms with Crippen molar-refractivity contribution in [3.63, 3.8) is 0 Å². The van der Waals surface area contributed by atoms with E-state index in [4.69, 9.17) is 19.5 Å². The molecule has 1 aromatic heterocycles. The Kier molecular flexibility index (Phi) is 6.57. The summed E-state index contributed by atoms with van der Waals surface area (Å²) < 4.78 is 19.1. The van der Waals surface area contributed by atoms with Gasteiger partial charge in [0, 0.05) is 18.8 Å². The molecule has 168 valence electrons. The topological polar surface area (TPSA) is 90.6 Å². The van der Waals surface area contributed by atoms with Crippen LogP contribution in [0.25, 0.3) is 0 Å². The first-order chi connectivity index (χ1) is 15.9. The molecule has 0 N–H and O–H groups in total. The number of hydrogen-bond donors (Lipinski definition) is 0. The predicted molar refractivity (Wildman–Crippen MR) is 120 cm³/mol. The van der Waals surface area contributed by atoms with Crippen LogP contribution in [-0.2, 0) is 14.2 Å². The van der Waals surface area contributed by atoms with Crippen LogP contribution in [0.2, 0.25) is 0 Å². The van der Waals surface area contributed by atoms with Crippen LogP contribution in [0.15, 0.2) is 67.0 Å². The molecule has 0 spiro atoms. The van der Waals surface area contributed by atoms with Gasteiger partial charge < -0.3 is 18.8 Å². The number of benzene rings is 2. The van der Waals surface area contributed by atoms with Gasteiger partial charge in [-0.25, -0.2) is 9.59 Å². The van der Waals surface area contributed by atoms with Crippen LogP contribution in [0.4, 0.5) is 0 Å². The highest BCUT2D eigenvalue weighted by molar-refractivity contribution is 5.90. The highest BCUT2D eigenvalue weighted by Gasteiger charge is 2.40. The molecule has 1 fully saturated rings. The molecule has 0 radical (unpaired) electrons. The van der Waals surface area contributed by atoms with Crippen molar-refractivity contribution in [1.29, 1.82) is 5.26 Å². The van der Waals surface area contributed by atoms with Crippen LogP contribution in [0.5, 0.6) is 0 Å². The summed E-state index contributed by atoms with van der Waals surface area (Å²) in [6.45, 7) is 3.81. The molecular weight excluding hydrogens is 420 g/mol. The smallest absolute Gasteiger partial charge is 0.338 e. The molecule has 0 aliphatic carbocycles. The van der Waals surface area contributed by atoms with E-state index in [0.29, 0.717) is 23.1 Å². The molecule has 0 unspecified atom stereocenters. The van der Waals surface area contributed by atoms with Gasteiger partial charge in [-0.3, -0.25) is 0 Å². The molecule has 3 aromatic rings. The number of nitriles is 1. The first-order valence-electron chi connectivity index (χ1n) is 10.7. The number of carbonyl (C=O) groups is 2. The molecule has 7 heteroatoms. The lowest BCUT2D eigenvalue weighted by molar-refractivity contribution is -0.0570.